The topological polar surface area (TPSA) is 95.5 Å². The lowest BCUT2D eigenvalue weighted by molar-refractivity contribution is -0.120. The van der Waals surface area contributed by atoms with E-state index >= 15 is 0 Å². The summed E-state index contributed by atoms with van der Waals surface area (Å²) in [5.41, 5.74) is 0. The Balaban J connectivity index is 2.67. The van der Waals surface area contributed by atoms with Gasteiger partial charge >= 0.3 is 0 Å². The maximum absolute atomic E-state index is 10.7. The number of rotatable bonds is 2. The summed E-state index contributed by atoms with van der Waals surface area (Å²) in [4.78, 5) is 10.6. The van der Waals surface area contributed by atoms with Crippen LogP contribution in [-0.2, 0) is 14.9 Å². The van der Waals surface area contributed by atoms with Gasteiger partial charge in [0.2, 0.25) is 5.91 Å². The van der Waals surface area contributed by atoms with Crippen LogP contribution in [0.2, 0.25) is 0 Å². The summed E-state index contributed by atoms with van der Waals surface area (Å²) in [7, 11) is -4.12. The fourth-order valence-electron chi connectivity index (χ4n) is 1.32. The van der Waals surface area contributed by atoms with Gasteiger partial charge in [0.25, 0.3) is 10.1 Å². The van der Waals surface area contributed by atoms with Gasteiger partial charge in [-0.3, -0.25) is 14.7 Å². The molecule has 0 aromatic rings. The Morgan fingerprint density at radius 3 is 2.38 bits per heavy atom. The third-order valence-electron chi connectivity index (χ3n) is 1.98. The van der Waals surface area contributed by atoms with Gasteiger partial charge in [-0.1, -0.05) is 0 Å². The molecule has 1 rings (SSSR count). The standard InChI is InChI=1S/C6H12N2O4S/c1-3-5(8-4(2)9)6(7-3)13(10,11)12/h3,5-7H,1-2H3,(H,8,9)(H,10,11,12). The molecule has 7 heteroatoms. The fourth-order valence-corrected chi connectivity index (χ4v) is 2.38. The Labute approximate surface area is 76.4 Å². The molecule has 3 unspecified atom stereocenters. The number of hydrogen-bond donors (Lipinski definition) is 3. The fraction of sp³-hybridized carbons (Fsp3) is 0.833. The SMILES string of the molecule is CC(=O)NC1C(C)NC1S(=O)(=O)O. The van der Waals surface area contributed by atoms with Crippen LogP contribution in [0, 0.1) is 0 Å². The van der Waals surface area contributed by atoms with Gasteiger partial charge in [0.15, 0.2) is 5.37 Å². The number of hydrogen-bond acceptors (Lipinski definition) is 4. The Bertz CT molecular complexity index is 313. The maximum Gasteiger partial charge on any atom is 0.283 e. The third kappa shape index (κ3) is 2.17. The van der Waals surface area contributed by atoms with Crippen LogP contribution in [0.15, 0.2) is 0 Å². The van der Waals surface area contributed by atoms with Crippen LogP contribution in [0.1, 0.15) is 13.8 Å². The van der Waals surface area contributed by atoms with Crippen molar-refractivity contribution >= 4 is 16.0 Å². The highest BCUT2D eigenvalue weighted by atomic mass is 32.2. The van der Waals surface area contributed by atoms with Crippen LogP contribution in [0.3, 0.4) is 0 Å². The molecule has 3 N–H and O–H groups in total. The number of carbonyl (C=O) groups is 1. The van der Waals surface area contributed by atoms with Gasteiger partial charge in [-0.05, 0) is 6.92 Å². The van der Waals surface area contributed by atoms with Crippen molar-refractivity contribution in [1.29, 1.82) is 0 Å². The van der Waals surface area contributed by atoms with Crippen molar-refractivity contribution in [3.63, 3.8) is 0 Å². The van der Waals surface area contributed by atoms with Gasteiger partial charge in [-0.15, -0.1) is 0 Å². The molecule has 1 aliphatic rings. The van der Waals surface area contributed by atoms with E-state index in [-0.39, 0.29) is 11.9 Å². The number of amides is 1. The zero-order chi connectivity index (χ0) is 10.2. The molecule has 1 aliphatic heterocycles. The molecule has 1 amide bonds. The second kappa shape index (κ2) is 3.24. The summed E-state index contributed by atoms with van der Waals surface area (Å²) in [6.45, 7) is 3.02. The van der Waals surface area contributed by atoms with Gasteiger partial charge in [0, 0.05) is 13.0 Å². The van der Waals surface area contributed by atoms with E-state index in [0.29, 0.717) is 0 Å². The molecule has 3 atom stereocenters. The van der Waals surface area contributed by atoms with Crippen LogP contribution in [-0.4, -0.2) is 36.3 Å². The molecular weight excluding hydrogens is 196 g/mol. The van der Waals surface area contributed by atoms with Gasteiger partial charge in [-0.2, -0.15) is 8.42 Å². The number of nitrogens with one attached hydrogen (secondary N) is 2. The molecule has 1 fully saturated rings. The quantitative estimate of drug-likeness (QED) is 0.490. The van der Waals surface area contributed by atoms with Crippen molar-refractivity contribution in [2.45, 2.75) is 31.3 Å². The summed E-state index contributed by atoms with van der Waals surface area (Å²) in [6, 6.07) is -0.691. The average molecular weight is 208 g/mol. The van der Waals surface area contributed by atoms with Crippen LogP contribution in [0.5, 0.6) is 0 Å². The summed E-state index contributed by atoms with van der Waals surface area (Å²) in [5.74, 6) is -0.313. The van der Waals surface area contributed by atoms with E-state index in [1.807, 2.05) is 0 Å². The molecule has 76 valence electrons. The van der Waals surface area contributed by atoms with E-state index in [2.05, 4.69) is 10.6 Å². The van der Waals surface area contributed by atoms with Gasteiger partial charge < -0.3 is 5.32 Å². The molecule has 0 aliphatic carbocycles. The van der Waals surface area contributed by atoms with Crippen molar-refractivity contribution in [1.82, 2.24) is 10.6 Å². The highest BCUT2D eigenvalue weighted by Crippen LogP contribution is 2.16. The first-order chi connectivity index (χ1) is 5.82. The maximum atomic E-state index is 10.7. The van der Waals surface area contributed by atoms with E-state index in [1.165, 1.54) is 6.92 Å². The molecule has 0 aromatic carbocycles. The van der Waals surface area contributed by atoms with E-state index in [9.17, 15) is 13.2 Å². The Morgan fingerprint density at radius 2 is 2.08 bits per heavy atom. The summed E-state index contributed by atoms with van der Waals surface area (Å²) in [6.07, 6.45) is 0. The summed E-state index contributed by atoms with van der Waals surface area (Å²) >= 11 is 0. The molecule has 13 heavy (non-hydrogen) atoms. The molecule has 0 spiro atoms. The van der Waals surface area contributed by atoms with Crippen molar-refractivity contribution < 1.29 is 17.8 Å². The van der Waals surface area contributed by atoms with Gasteiger partial charge in [-0.25, -0.2) is 0 Å². The average Bonchev–Trinajstić information content (AvgIpc) is 1.93. The van der Waals surface area contributed by atoms with Gasteiger partial charge in [0.05, 0.1) is 6.04 Å². The lowest BCUT2D eigenvalue weighted by Crippen LogP contribution is -2.72. The lowest BCUT2D eigenvalue weighted by Gasteiger charge is -2.42. The molecule has 1 heterocycles. The minimum atomic E-state index is -4.12. The minimum Gasteiger partial charge on any atom is -0.349 e. The van der Waals surface area contributed by atoms with Crippen LogP contribution >= 0.6 is 0 Å². The Morgan fingerprint density at radius 1 is 1.54 bits per heavy atom. The van der Waals surface area contributed by atoms with Crippen LogP contribution in [0.25, 0.3) is 0 Å². The van der Waals surface area contributed by atoms with Crippen molar-refractivity contribution in [2.24, 2.45) is 0 Å². The number of carbonyl (C=O) groups excluding carboxylic acids is 1. The van der Waals surface area contributed by atoms with Crippen molar-refractivity contribution in [2.75, 3.05) is 0 Å². The summed E-state index contributed by atoms with van der Waals surface area (Å²) in [5, 5.41) is 3.95. The minimum absolute atomic E-state index is 0.143. The molecule has 0 bridgehead atoms. The lowest BCUT2D eigenvalue weighted by atomic mass is 10.0. The molecule has 1 saturated heterocycles. The van der Waals surface area contributed by atoms with E-state index in [4.69, 9.17) is 4.55 Å². The molecule has 0 aromatic heterocycles. The van der Waals surface area contributed by atoms with E-state index in [1.54, 1.807) is 6.92 Å². The highest BCUT2D eigenvalue weighted by molar-refractivity contribution is 7.86. The second-order valence-corrected chi connectivity index (χ2v) is 4.66. The smallest absolute Gasteiger partial charge is 0.283 e. The first kappa shape index (κ1) is 10.4. The van der Waals surface area contributed by atoms with Crippen molar-refractivity contribution in [3.8, 4) is 0 Å². The third-order valence-corrected chi connectivity index (χ3v) is 3.05. The first-order valence-corrected chi connectivity index (χ1v) is 5.32. The van der Waals surface area contributed by atoms with Gasteiger partial charge in [0.1, 0.15) is 0 Å². The zero-order valence-corrected chi connectivity index (χ0v) is 8.13. The largest absolute Gasteiger partial charge is 0.349 e. The molecule has 0 saturated carbocycles. The zero-order valence-electron chi connectivity index (χ0n) is 7.31. The predicted octanol–water partition coefficient (Wildman–Crippen LogP) is -1.30. The Hall–Kier alpha value is -0.660. The van der Waals surface area contributed by atoms with Crippen molar-refractivity contribution in [3.05, 3.63) is 0 Å². The van der Waals surface area contributed by atoms with Crippen LogP contribution < -0.4 is 10.6 Å². The normalized spacial score (nSPS) is 33.6. The first-order valence-electron chi connectivity index (χ1n) is 3.82. The molecular formula is C6H12N2O4S. The molecule has 6 nitrogen and oxygen atoms in total. The molecule has 0 radical (unpaired) electrons. The van der Waals surface area contributed by atoms with E-state index in [0.717, 1.165) is 0 Å². The Kier molecular flexibility index (Phi) is 2.60. The predicted molar refractivity (Wildman–Crippen MR) is 45.5 cm³/mol. The second-order valence-electron chi connectivity index (χ2n) is 3.12. The highest BCUT2D eigenvalue weighted by Gasteiger charge is 2.45. The van der Waals surface area contributed by atoms with Crippen LogP contribution in [0.4, 0.5) is 0 Å². The summed E-state index contributed by atoms with van der Waals surface area (Å²) < 4.78 is 30.1. The monoisotopic (exact) mass is 208 g/mol. The van der Waals surface area contributed by atoms with E-state index < -0.39 is 21.5 Å².